The maximum absolute atomic E-state index is 12.5. The Labute approximate surface area is 242 Å². The van der Waals surface area contributed by atoms with E-state index in [1.807, 2.05) is 43.8 Å². The molecule has 2 fully saturated rings. The van der Waals surface area contributed by atoms with Crippen molar-refractivity contribution in [3.05, 3.63) is 45.3 Å². The summed E-state index contributed by atoms with van der Waals surface area (Å²) in [5.41, 5.74) is 2.30. The molecular weight excluding hydrogens is 586 g/mol. The van der Waals surface area contributed by atoms with Gasteiger partial charge in [0, 0.05) is 39.9 Å². The highest BCUT2D eigenvalue weighted by Crippen LogP contribution is 2.36. The number of carbonyl (C=O) groups is 1. The van der Waals surface area contributed by atoms with Gasteiger partial charge < -0.3 is 19.1 Å². The minimum atomic E-state index is -0.533. The highest BCUT2D eigenvalue weighted by molar-refractivity contribution is 9.10. The largest absolute Gasteiger partial charge is 0.458 e. The quantitative estimate of drug-likeness (QED) is 0.310. The molecule has 1 unspecified atom stereocenters. The first-order chi connectivity index (χ1) is 18.7. The minimum Gasteiger partial charge on any atom is -0.458 e. The second-order valence-corrected chi connectivity index (χ2v) is 12.3. The van der Waals surface area contributed by atoms with E-state index in [-0.39, 0.29) is 18.4 Å². The van der Waals surface area contributed by atoms with E-state index in [1.54, 1.807) is 11.1 Å². The molecule has 2 aliphatic rings. The first kappa shape index (κ1) is 28.1. The Morgan fingerprint density at radius 2 is 2.08 bits per heavy atom. The molecule has 210 valence electrons. The Balaban J connectivity index is 1.24. The van der Waals surface area contributed by atoms with E-state index in [2.05, 4.69) is 31.0 Å². The molecule has 39 heavy (non-hydrogen) atoms. The number of ether oxygens (including phenoxy) is 3. The number of fused-ring (bicyclic) bond motifs is 1. The molecule has 2 aliphatic heterocycles. The van der Waals surface area contributed by atoms with Crippen molar-refractivity contribution in [2.45, 2.75) is 83.6 Å². The predicted octanol–water partition coefficient (Wildman–Crippen LogP) is 6.50. The van der Waals surface area contributed by atoms with Gasteiger partial charge in [-0.15, -0.1) is 0 Å². The van der Waals surface area contributed by atoms with Crippen LogP contribution in [0.15, 0.2) is 29.0 Å². The van der Waals surface area contributed by atoms with Crippen molar-refractivity contribution in [3.8, 4) is 6.01 Å². The summed E-state index contributed by atoms with van der Waals surface area (Å²) in [7, 11) is 0. The summed E-state index contributed by atoms with van der Waals surface area (Å²) in [5, 5.41) is 6.31. The highest BCUT2D eigenvalue weighted by atomic mass is 79.9. The molecule has 5 rings (SSSR count). The Bertz CT molecular complexity index is 1320. The first-order valence-corrected chi connectivity index (χ1v) is 14.8. The van der Waals surface area contributed by atoms with E-state index in [9.17, 15) is 4.79 Å². The number of aryl methyl sites for hydroxylation is 1. The van der Waals surface area contributed by atoms with Gasteiger partial charge in [-0.1, -0.05) is 11.6 Å². The highest BCUT2D eigenvalue weighted by Gasteiger charge is 2.29. The van der Waals surface area contributed by atoms with Gasteiger partial charge in [-0.3, -0.25) is 0 Å². The third-order valence-electron chi connectivity index (χ3n) is 6.94. The van der Waals surface area contributed by atoms with Gasteiger partial charge in [0.25, 0.3) is 0 Å². The van der Waals surface area contributed by atoms with Crippen LogP contribution in [-0.4, -0.2) is 62.1 Å². The Kier molecular flexibility index (Phi) is 8.63. The average Bonchev–Trinajstić information content (AvgIpc) is 3.32. The fourth-order valence-corrected chi connectivity index (χ4v) is 6.16. The SMILES string of the molecule is CC(C)(C)OC(=O)N1CCC[C@@H](Oc2nccc(CCc3c(Cl)cc4c(cnn4C4CCCCO4)c3Br)n2)C1. The lowest BCUT2D eigenvalue weighted by Crippen LogP contribution is -2.46. The Hall–Kier alpha value is -2.43. The van der Waals surface area contributed by atoms with Gasteiger partial charge >= 0.3 is 12.1 Å². The van der Waals surface area contributed by atoms with Crippen LogP contribution >= 0.6 is 27.5 Å². The molecule has 2 aromatic heterocycles. The second-order valence-electron chi connectivity index (χ2n) is 11.1. The lowest BCUT2D eigenvalue weighted by Gasteiger charge is -2.33. The molecule has 11 heteroatoms. The van der Waals surface area contributed by atoms with Crippen LogP contribution in [0.5, 0.6) is 6.01 Å². The molecule has 0 bridgehead atoms. The summed E-state index contributed by atoms with van der Waals surface area (Å²) in [5.74, 6) is 0. The van der Waals surface area contributed by atoms with Crippen LogP contribution in [0.2, 0.25) is 5.02 Å². The minimum absolute atomic E-state index is 0.0510. The number of amides is 1. The molecule has 1 amide bonds. The topological polar surface area (TPSA) is 91.6 Å². The van der Waals surface area contributed by atoms with Crippen LogP contribution in [0.25, 0.3) is 10.9 Å². The van der Waals surface area contributed by atoms with Crippen LogP contribution in [0.3, 0.4) is 0 Å². The lowest BCUT2D eigenvalue weighted by molar-refractivity contribution is -0.0366. The van der Waals surface area contributed by atoms with Gasteiger partial charge in [0.15, 0.2) is 6.23 Å². The van der Waals surface area contributed by atoms with Crippen molar-refractivity contribution in [1.82, 2.24) is 24.6 Å². The van der Waals surface area contributed by atoms with Crippen molar-refractivity contribution in [2.75, 3.05) is 19.7 Å². The van der Waals surface area contributed by atoms with Crippen LogP contribution < -0.4 is 4.74 Å². The smallest absolute Gasteiger partial charge is 0.410 e. The first-order valence-electron chi connectivity index (χ1n) is 13.6. The standard InChI is InChI=1S/C28H35BrClN5O4/c1-28(2,3)39-27(36)34-13-6-7-19(17-34)38-26-31-12-11-18(33-26)9-10-20-22(30)15-23-21(25(20)29)16-32-35(23)24-8-4-5-14-37-24/h11-12,15-16,19,24H,4-10,13-14,17H2,1-3H3/t19-,24?/m1/s1. The number of carbonyl (C=O) groups excluding carboxylic acids is 1. The number of likely N-dealkylation sites (tertiary alicyclic amines) is 1. The lowest BCUT2D eigenvalue weighted by atomic mass is 10.1. The molecule has 1 aromatic carbocycles. The predicted molar refractivity (Wildman–Crippen MR) is 152 cm³/mol. The molecule has 0 spiro atoms. The fraction of sp³-hybridized carbons (Fsp3) is 0.571. The second kappa shape index (κ2) is 12.0. The number of aromatic nitrogens is 4. The Morgan fingerprint density at radius 3 is 2.85 bits per heavy atom. The van der Waals surface area contributed by atoms with E-state index < -0.39 is 5.60 Å². The summed E-state index contributed by atoms with van der Waals surface area (Å²) in [6.07, 6.45) is 9.22. The summed E-state index contributed by atoms with van der Waals surface area (Å²) in [6.45, 7) is 7.46. The Morgan fingerprint density at radius 1 is 1.23 bits per heavy atom. The van der Waals surface area contributed by atoms with Crippen LogP contribution in [0.4, 0.5) is 4.79 Å². The summed E-state index contributed by atoms with van der Waals surface area (Å²) in [4.78, 5) is 23.1. The van der Waals surface area contributed by atoms with E-state index in [4.69, 9.17) is 25.8 Å². The maximum atomic E-state index is 12.5. The zero-order valence-electron chi connectivity index (χ0n) is 22.7. The van der Waals surface area contributed by atoms with Gasteiger partial charge in [0.1, 0.15) is 11.7 Å². The number of hydrogen-bond donors (Lipinski definition) is 0. The van der Waals surface area contributed by atoms with Crippen molar-refractivity contribution >= 4 is 44.5 Å². The van der Waals surface area contributed by atoms with Gasteiger partial charge in [-0.05, 0) is 99.3 Å². The number of rotatable bonds is 6. The third-order valence-corrected chi connectivity index (χ3v) is 8.18. The van der Waals surface area contributed by atoms with E-state index in [0.717, 1.165) is 65.3 Å². The molecule has 0 radical (unpaired) electrons. The van der Waals surface area contributed by atoms with E-state index in [0.29, 0.717) is 37.0 Å². The molecule has 2 atom stereocenters. The third kappa shape index (κ3) is 6.84. The van der Waals surface area contributed by atoms with Crippen molar-refractivity contribution < 1.29 is 19.0 Å². The maximum Gasteiger partial charge on any atom is 0.410 e. The molecule has 2 saturated heterocycles. The number of piperidine rings is 1. The molecule has 0 saturated carbocycles. The van der Waals surface area contributed by atoms with Crippen molar-refractivity contribution in [2.24, 2.45) is 0 Å². The number of nitrogens with zero attached hydrogens (tertiary/aromatic N) is 5. The van der Waals surface area contributed by atoms with Gasteiger partial charge in [0.2, 0.25) is 0 Å². The van der Waals surface area contributed by atoms with Gasteiger partial charge in [0.05, 0.1) is 18.3 Å². The van der Waals surface area contributed by atoms with Crippen LogP contribution in [0.1, 0.15) is 70.4 Å². The molecule has 0 N–H and O–H groups in total. The summed E-state index contributed by atoms with van der Waals surface area (Å²) >= 11 is 10.6. The van der Waals surface area contributed by atoms with Crippen LogP contribution in [-0.2, 0) is 22.3 Å². The zero-order chi connectivity index (χ0) is 27.6. The molecular formula is C28H35BrClN5O4. The number of benzene rings is 1. The van der Waals surface area contributed by atoms with Crippen LogP contribution in [0, 0.1) is 0 Å². The number of halogens is 2. The number of hydrogen-bond acceptors (Lipinski definition) is 7. The normalized spacial score (nSPS) is 20.3. The monoisotopic (exact) mass is 619 g/mol. The summed E-state index contributed by atoms with van der Waals surface area (Å²) < 4.78 is 20.4. The van der Waals surface area contributed by atoms with Gasteiger partial charge in [-0.2, -0.15) is 5.10 Å². The zero-order valence-corrected chi connectivity index (χ0v) is 25.0. The van der Waals surface area contributed by atoms with Crippen molar-refractivity contribution in [1.29, 1.82) is 0 Å². The molecule has 9 nitrogen and oxygen atoms in total. The summed E-state index contributed by atoms with van der Waals surface area (Å²) in [6, 6.07) is 4.19. The molecule has 0 aliphatic carbocycles. The van der Waals surface area contributed by atoms with Gasteiger partial charge in [-0.25, -0.2) is 19.4 Å². The van der Waals surface area contributed by atoms with Crippen molar-refractivity contribution in [3.63, 3.8) is 0 Å². The molecule has 3 aromatic rings. The van der Waals surface area contributed by atoms with E-state index >= 15 is 0 Å². The molecule has 4 heterocycles. The fourth-order valence-electron chi connectivity index (χ4n) is 5.04. The average molecular weight is 621 g/mol. The van der Waals surface area contributed by atoms with E-state index in [1.165, 1.54) is 0 Å².